The van der Waals surface area contributed by atoms with Gasteiger partial charge in [-0.05, 0) is 30.5 Å². The lowest BCUT2D eigenvalue weighted by molar-refractivity contribution is -0.132. The van der Waals surface area contributed by atoms with E-state index >= 15 is 0 Å². The first-order chi connectivity index (χ1) is 10.1. The Morgan fingerprint density at radius 3 is 2.67 bits per heavy atom. The number of nitrogens with one attached hydrogen (secondary N) is 1. The molecule has 0 spiro atoms. The number of carbonyl (C=O) groups is 2. The van der Waals surface area contributed by atoms with Gasteiger partial charge in [-0.1, -0.05) is 30.2 Å². The molecule has 1 aliphatic rings. The molecule has 1 N–H and O–H groups in total. The van der Waals surface area contributed by atoms with Crippen LogP contribution >= 0.6 is 11.6 Å². The van der Waals surface area contributed by atoms with E-state index in [9.17, 15) is 9.59 Å². The van der Waals surface area contributed by atoms with Gasteiger partial charge in [0.15, 0.2) is 0 Å². The second kappa shape index (κ2) is 7.46. The van der Waals surface area contributed by atoms with Crippen LogP contribution in [0.5, 0.6) is 0 Å². The Morgan fingerprint density at radius 2 is 2.00 bits per heavy atom. The highest BCUT2D eigenvalue weighted by atomic mass is 35.5. The Hall–Kier alpha value is -1.55. The van der Waals surface area contributed by atoms with Crippen molar-refractivity contribution in [2.24, 2.45) is 0 Å². The minimum Gasteiger partial charge on any atom is -0.347 e. The minimum atomic E-state index is -0.174. The van der Waals surface area contributed by atoms with E-state index in [2.05, 4.69) is 5.32 Å². The first-order valence-corrected chi connectivity index (χ1v) is 7.71. The zero-order chi connectivity index (χ0) is 15.2. The summed E-state index contributed by atoms with van der Waals surface area (Å²) in [5.41, 5.74) is 1.22. The molecule has 1 heterocycles. The van der Waals surface area contributed by atoms with E-state index in [1.54, 1.807) is 0 Å². The lowest BCUT2D eigenvalue weighted by atomic mass is 9.94. The number of likely N-dealkylation sites (tertiary alicyclic amines) is 1. The van der Waals surface area contributed by atoms with Crippen LogP contribution in [0.25, 0.3) is 0 Å². The second-order valence-electron chi connectivity index (χ2n) is 5.49. The largest absolute Gasteiger partial charge is 0.347 e. The SMILES string of the molecule is CC(=O)NCC(=O)N1CCCC[C@@H](c2ccc(Cl)cc2)C1. The van der Waals surface area contributed by atoms with Crippen LogP contribution in [0.1, 0.15) is 37.7 Å². The maximum absolute atomic E-state index is 12.2. The summed E-state index contributed by atoms with van der Waals surface area (Å²) in [6.45, 7) is 2.98. The number of benzene rings is 1. The highest BCUT2D eigenvalue weighted by Crippen LogP contribution is 2.27. The van der Waals surface area contributed by atoms with Crippen molar-refractivity contribution in [3.8, 4) is 0 Å². The van der Waals surface area contributed by atoms with Gasteiger partial charge >= 0.3 is 0 Å². The van der Waals surface area contributed by atoms with Crippen molar-refractivity contribution in [1.82, 2.24) is 10.2 Å². The number of hydrogen-bond acceptors (Lipinski definition) is 2. The van der Waals surface area contributed by atoms with E-state index in [1.807, 2.05) is 29.2 Å². The second-order valence-corrected chi connectivity index (χ2v) is 5.93. The van der Waals surface area contributed by atoms with E-state index < -0.39 is 0 Å². The predicted octanol–water partition coefficient (Wildman–Crippen LogP) is 2.57. The highest BCUT2D eigenvalue weighted by molar-refractivity contribution is 6.30. The number of carbonyl (C=O) groups excluding carboxylic acids is 2. The summed E-state index contributed by atoms with van der Waals surface area (Å²) in [6, 6.07) is 7.86. The average Bonchev–Trinajstić information content (AvgIpc) is 2.71. The summed E-state index contributed by atoms with van der Waals surface area (Å²) >= 11 is 5.93. The number of nitrogens with zero attached hydrogens (tertiary/aromatic N) is 1. The first-order valence-electron chi connectivity index (χ1n) is 7.34. The van der Waals surface area contributed by atoms with Gasteiger partial charge in [-0.2, -0.15) is 0 Å². The minimum absolute atomic E-state index is 0.00827. The number of halogens is 1. The molecular formula is C16H21ClN2O2. The molecule has 5 heteroatoms. The van der Waals surface area contributed by atoms with Crippen molar-refractivity contribution >= 4 is 23.4 Å². The molecule has 0 bridgehead atoms. The zero-order valence-electron chi connectivity index (χ0n) is 12.3. The Balaban J connectivity index is 2.02. The van der Waals surface area contributed by atoms with Crippen LogP contribution < -0.4 is 5.32 Å². The Morgan fingerprint density at radius 1 is 1.29 bits per heavy atom. The lowest BCUT2D eigenvalue weighted by Crippen LogP contribution is -2.41. The van der Waals surface area contributed by atoms with Gasteiger partial charge in [0.05, 0.1) is 6.54 Å². The third-order valence-corrected chi connectivity index (χ3v) is 4.11. The molecule has 2 rings (SSSR count). The third kappa shape index (κ3) is 4.74. The number of amides is 2. The van der Waals surface area contributed by atoms with E-state index in [0.717, 1.165) is 30.8 Å². The van der Waals surface area contributed by atoms with Gasteiger partial charge < -0.3 is 10.2 Å². The smallest absolute Gasteiger partial charge is 0.241 e. The summed E-state index contributed by atoms with van der Waals surface area (Å²) < 4.78 is 0. The van der Waals surface area contributed by atoms with Crippen LogP contribution in [0.2, 0.25) is 5.02 Å². The van der Waals surface area contributed by atoms with Crippen molar-refractivity contribution in [1.29, 1.82) is 0 Å². The number of hydrogen-bond donors (Lipinski definition) is 1. The van der Waals surface area contributed by atoms with Crippen LogP contribution in [-0.4, -0.2) is 36.3 Å². The van der Waals surface area contributed by atoms with Crippen LogP contribution in [-0.2, 0) is 9.59 Å². The van der Waals surface area contributed by atoms with E-state index in [-0.39, 0.29) is 18.4 Å². The van der Waals surface area contributed by atoms with Crippen LogP contribution in [0, 0.1) is 0 Å². The molecular weight excluding hydrogens is 288 g/mol. The van der Waals surface area contributed by atoms with Crippen molar-refractivity contribution in [3.05, 3.63) is 34.9 Å². The fourth-order valence-electron chi connectivity index (χ4n) is 2.69. The first kappa shape index (κ1) is 15.8. The fourth-order valence-corrected chi connectivity index (χ4v) is 2.81. The van der Waals surface area contributed by atoms with E-state index in [0.29, 0.717) is 12.5 Å². The number of rotatable bonds is 3. The maximum Gasteiger partial charge on any atom is 0.241 e. The molecule has 2 amide bonds. The summed E-state index contributed by atoms with van der Waals surface area (Å²) in [5.74, 6) is 0.157. The molecule has 1 saturated heterocycles. The molecule has 1 aromatic rings. The summed E-state index contributed by atoms with van der Waals surface area (Å²) in [6.07, 6.45) is 3.19. The third-order valence-electron chi connectivity index (χ3n) is 3.85. The lowest BCUT2D eigenvalue weighted by Gasteiger charge is -2.25. The van der Waals surface area contributed by atoms with Gasteiger partial charge in [0, 0.05) is 31.0 Å². The molecule has 0 unspecified atom stereocenters. The molecule has 1 aromatic carbocycles. The van der Waals surface area contributed by atoms with Gasteiger partial charge in [-0.3, -0.25) is 9.59 Å². The predicted molar refractivity (Wildman–Crippen MR) is 83.3 cm³/mol. The Kier molecular flexibility index (Phi) is 5.62. The standard InChI is InChI=1S/C16H21ClN2O2/c1-12(20)18-10-16(21)19-9-3-2-4-14(11-19)13-5-7-15(17)8-6-13/h5-8,14H,2-4,9-11H2,1H3,(H,18,20)/t14-/m1/s1. The van der Waals surface area contributed by atoms with Crippen molar-refractivity contribution in [3.63, 3.8) is 0 Å². The molecule has 4 nitrogen and oxygen atoms in total. The molecule has 1 fully saturated rings. The van der Waals surface area contributed by atoms with Gasteiger partial charge in [-0.25, -0.2) is 0 Å². The quantitative estimate of drug-likeness (QED) is 0.933. The van der Waals surface area contributed by atoms with Gasteiger partial charge in [0.2, 0.25) is 11.8 Å². The molecule has 0 aliphatic carbocycles. The topological polar surface area (TPSA) is 49.4 Å². The highest BCUT2D eigenvalue weighted by Gasteiger charge is 2.23. The average molecular weight is 309 g/mol. The van der Waals surface area contributed by atoms with Gasteiger partial charge in [0.1, 0.15) is 0 Å². The molecule has 1 aliphatic heterocycles. The van der Waals surface area contributed by atoms with Gasteiger partial charge in [-0.15, -0.1) is 0 Å². The molecule has 0 aromatic heterocycles. The van der Waals surface area contributed by atoms with Crippen molar-refractivity contribution < 1.29 is 9.59 Å². The fraction of sp³-hybridized carbons (Fsp3) is 0.500. The molecule has 0 saturated carbocycles. The normalized spacial score (nSPS) is 19.0. The van der Waals surface area contributed by atoms with Gasteiger partial charge in [0.25, 0.3) is 0 Å². The van der Waals surface area contributed by atoms with E-state index in [1.165, 1.54) is 12.5 Å². The molecule has 0 radical (unpaired) electrons. The monoisotopic (exact) mass is 308 g/mol. The van der Waals surface area contributed by atoms with Crippen LogP contribution in [0.15, 0.2) is 24.3 Å². The Labute approximate surface area is 130 Å². The van der Waals surface area contributed by atoms with Crippen molar-refractivity contribution in [2.75, 3.05) is 19.6 Å². The summed E-state index contributed by atoms with van der Waals surface area (Å²) in [7, 11) is 0. The molecule has 114 valence electrons. The summed E-state index contributed by atoms with van der Waals surface area (Å²) in [4.78, 5) is 25.0. The van der Waals surface area contributed by atoms with Crippen LogP contribution in [0.3, 0.4) is 0 Å². The van der Waals surface area contributed by atoms with Crippen LogP contribution in [0.4, 0.5) is 0 Å². The van der Waals surface area contributed by atoms with Crippen molar-refractivity contribution in [2.45, 2.75) is 32.1 Å². The zero-order valence-corrected chi connectivity index (χ0v) is 13.0. The molecule has 1 atom stereocenters. The maximum atomic E-state index is 12.2. The van der Waals surface area contributed by atoms with E-state index in [4.69, 9.17) is 11.6 Å². The molecule has 21 heavy (non-hydrogen) atoms. The Bertz CT molecular complexity index is 502. The summed E-state index contributed by atoms with van der Waals surface area (Å²) in [5, 5.41) is 3.31.